The predicted molar refractivity (Wildman–Crippen MR) is 93.6 cm³/mol. The molecule has 0 aliphatic rings. The second-order valence-electron chi connectivity index (χ2n) is 4.78. The number of esters is 1. The van der Waals surface area contributed by atoms with E-state index in [9.17, 15) is 14.0 Å². The Bertz CT molecular complexity index is 772. The first kappa shape index (κ1) is 17.7. The summed E-state index contributed by atoms with van der Waals surface area (Å²) in [6.45, 7) is 0. The van der Waals surface area contributed by atoms with Crippen LogP contribution >= 0.6 is 11.8 Å². The number of amides is 1. The first-order valence-electron chi connectivity index (χ1n) is 7.04. The Kier molecular flexibility index (Phi) is 6.14. The number of methoxy groups -OCH3 is 1. The summed E-state index contributed by atoms with van der Waals surface area (Å²) < 4.78 is 18.4. The third-order valence-corrected chi connectivity index (χ3v) is 3.93. The van der Waals surface area contributed by atoms with Crippen LogP contribution in [0.5, 0.6) is 0 Å². The molecule has 0 saturated heterocycles. The summed E-state index contributed by atoms with van der Waals surface area (Å²) in [6.07, 6.45) is 4.94. The molecule has 0 spiro atoms. The van der Waals surface area contributed by atoms with Crippen LogP contribution < -0.4 is 5.32 Å². The van der Waals surface area contributed by atoms with Gasteiger partial charge >= 0.3 is 5.97 Å². The van der Waals surface area contributed by atoms with Gasteiger partial charge in [-0.25, -0.2) is 9.18 Å². The van der Waals surface area contributed by atoms with Crippen LogP contribution in [0.4, 0.5) is 10.1 Å². The van der Waals surface area contributed by atoms with Gasteiger partial charge in [-0.05, 0) is 48.2 Å². The molecule has 24 heavy (non-hydrogen) atoms. The van der Waals surface area contributed by atoms with Crippen LogP contribution in [0.3, 0.4) is 0 Å². The first-order chi connectivity index (χ1) is 11.5. The van der Waals surface area contributed by atoms with Crippen molar-refractivity contribution in [2.45, 2.75) is 4.90 Å². The van der Waals surface area contributed by atoms with Gasteiger partial charge in [-0.1, -0.05) is 12.1 Å². The Labute approximate surface area is 143 Å². The number of hydrogen-bond acceptors (Lipinski definition) is 4. The number of thioether (sulfide) groups is 1. The monoisotopic (exact) mass is 345 g/mol. The third-order valence-electron chi connectivity index (χ3n) is 3.19. The zero-order valence-electron chi connectivity index (χ0n) is 13.2. The molecule has 0 bridgehead atoms. The summed E-state index contributed by atoms with van der Waals surface area (Å²) in [7, 11) is 1.21. The highest BCUT2D eigenvalue weighted by atomic mass is 32.2. The third kappa shape index (κ3) is 4.70. The number of halogens is 1. The molecule has 1 N–H and O–H groups in total. The lowest BCUT2D eigenvalue weighted by Gasteiger charge is -2.05. The first-order valence-corrected chi connectivity index (χ1v) is 8.27. The summed E-state index contributed by atoms with van der Waals surface area (Å²) in [6, 6.07) is 11.4. The fourth-order valence-electron chi connectivity index (χ4n) is 1.92. The van der Waals surface area contributed by atoms with Gasteiger partial charge in [0.05, 0.1) is 18.4 Å². The zero-order chi connectivity index (χ0) is 17.5. The molecular formula is C18H16FNO3S. The quantitative estimate of drug-likeness (QED) is 0.506. The summed E-state index contributed by atoms with van der Waals surface area (Å²) in [4.78, 5) is 24.3. The van der Waals surface area contributed by atoms with Crippen LogP contribution in [0, 0.1) is 5.82 Å². The van der Waals surface area contributed by atoms with E-state index in [2.05, 4.69) is 10.1 Å². The fourth-order valence-corrected chi connectivity index (χ4v) is 2.33. The highest BCUT2D eigenvalue weighted by molar-refractivity contribution is 7.98. The highest BCUT2D eigenvalue weighted by Crippen LogP contribution is 2.17. The molecule has 0 aliphatic carbocycles. The van der Waals surface area contributed by atoms with E-state index < -0.39 is 17.7 Å². The largest absolute Gasteiger partial charge is 0.465 e. The molecule has 2 aromatic carbocycles. The van der Waals surface area contributed by atoms with Crippen molar-refractivity contribution in [3.05, 3.63) is 65.5 Å². The van der Waals surface area contributed by atoms with Crippen molar-refractivity contribution in [2.24, 2.45) is 0 Å². The van der Waals surface area contributed by atoms with Gasteiger partial charge in [0.1, 0.15) is 5.82 Å². The number of benzene rings is 2. The van der Waals surface area contributed by atoms with Crippen molar-refractivity contribution in [1.29, 1.82) is 0 Å². The van der Waals surface area contributed by atoms with Gasteiger partial charge in [-0.15, -0.1) is 11.8 Å². The van der Waals surface area contributed by atoms with Crippen LogP contribution in [0.25, 0.3) is 6.08 Å². The van der Waals surface area contributed by atoms with E-state index in [4.69, 9.17) is 0 Å². The molecule has 4 nitrogen and oxygen atoms in total. The molecule has 124 valence electrons. The number of carbonyl (C=O) groups is 2. The van der Waals surface area contributed by atoms with Crippen LogP contribution in [0.15, 0.2) is 53.4 Å². The molecule has 0 atom stereocenters. The number of rotatable bonds is 5. The van der Waals surface area contributed by atoms with E-state index in [-0.39, 0.29) is 11.3 Å². The summed E-state index contributed by atoms with van der Waals surface area (Å²) in [5, 5.41) is 2.43. The van der Waals surface area contributed by atoms with E-state index in [1.807, 2.05) is 30.5 Å². The predicted octanol–water partition coefficient (Wildman–Crippen LogP) is 3.99. The van der Waals surface area contributed by atoms with Gasteiger partial charge in [0.2, 0.25) is 5.91 Å². The second-order valence-corrected chi connectivity index (χ2v) is 5.66. The number of nitrogens with one attached hydrogen (secondary N) is 1. The Morgan fingerprint density at radius 3 is 2.46 bits per heavy atom. The molecule has 1 amide bonds. The molecule has 0 saturated carbocycles. The lowest BCUT2D eigenvalue weighted by atomic mass is 10.2. The van der Waals surface area contributed by atoms with Crippen molar-refractivity contribution < 1.29 is 18.7 Å². The van der Waals surface area contributed by atoms with Crippen molar-refractivity contribution in [1.82, 2.24) is 0 Å². The molecule has 0 aromatic heterocycles. The van der Waals surface area contributed by atoms with E-state index in [1.54, 1.807) is 17.8 Å². The minimum absolute atomic E-state index is 0.00460. The maximum atomic E-state index is 13.9. The van der Waals surface area contributed by atoms with Crippen LogP contribution in [0.2, 0.25) is 0 Å². The van der Waals surface area contributed by atoms with Gasteiger partial charge in [0.25, 0.3) is 0 Å². The SMILES string of the molecule is COC(=O)c1ccc(NC(=O)/C=C/c2ccc(SC)cc2)c(F)c1. The average Bonchev–Trinajstić information content (AvgIpc) is 2.61. The molecule has 2 rings (SSSR count). The summed E-state index contributed by atoms with van der Waals surface area (Å²) >= 11 is 1.63. The fraction of sp³-hybridized carbons (Fsp3) is 0.111. The Morgan fingerprint density at radius 1 is 1.17 bits per heavy atom. The Morgan fingerprint density at radius 2 is 1.88 bits per heavy atom. The van der Waals surface area contributed by atoms with Gasteiger partial charge in [-0.2, -0.15) is 0 Å². The Hall–Kier alpha value is -2.60. The maximum Gasteiger partial charge on any atom is 0.337 e. The average molecular weight is 345 g/mol. The lowest BCUT2D eigenvalue weighted by Crippen LogP contribution is -2.10. The molecule has 0 heterocycles. The highest BCUT2D eigenvalue weighted by Gasteiger charge is 2.10. The maximum absolute atomic E-state index is 13.9. The van der Waals surface area contributed by atoms with Crippen LogP contribution in [-0.2, 0) is 9.53 Å². The van der Waals surface area contributed by atoms with E-state index in [0.29, 0.717) is 0 Å². The molecule has 6 heteroatoms. The van der Waals surface area contributed by atoms with E-state index in [0.717, 1.165) is 16.5 Å². The van der Waals surface area contributed by atoms with Crippen molar-refractivity contribution in [3.8, 4) is 0 Å². The van der Waals surface area contributed by atoms with Crippen molar-refractivity contribution in [3.63, 3.8) is 0 Å². The van der Waals surface area contributed by atoms with Crippen molar-refractivity contribution >= 4 is 35.4 Å². The number of hydrogen-bond donors (Lipinski definition) is 1. The molecule has 0 aliphatic heterocycles. The van der Waals surface area contributed by atoms with Gasteiger partial charge in [-0.3, -0.25) is 4.79 Å². The molecule has 0 radical (unpaired) electrons. The molecule has 0 unspecified atom stereocenters. The van der Waals surface area contributed by atoms with Gasteiger partial charge < -0.3 is 10.1 Å². The number of carbonyl (C=O) groups excluding carboxylic acids is 2. The van der Waals surface area contributed by atoms with Crippen LogP contribution in [0.1, 0.15) is 15.9 Å². The number of anilines is 1. The number of ether oxygens (including phenoxy) is 1. The standard InChI is InChI=1S/C18H16FNO3S/c1-23-18(22)13-6-9-16(15(19)11-13)20-17(21)10-5-12-3-7-14(24-2)8-4-12/h3-11H,1-2H3,(H,20,21)/b10-5+. The minimum atomic E-state index is -0.705. The lowest BCUT2D eigenvalue weighted by molar-refractivity contribution is -0.111. The van der Waals surface area contributed by atoms with Crippen LogP contribution in [-0.4, -0.2) is 25.2 Å². The Balaban J connectivity index is 2.03. The summed E-state index contributed by atoms with van der Waals surface area (Å²) in [5.74, 6) is -1.81. The smallest absolute Gasteiger partial charge is 0.337 e. The van der Waals surface area contributed by atoms with Crippen molar-refractivity contribution in [2.75, 3.05) is 18.7 Å². The minimum Gasteiger partial charge on any atom is -0.465 e. The summed E-state index contributed by atoms with van der Waals surface area (Å²) in [5.41, 5.74) is 0.942. The van der Waals surface area contributed by atoms with E-state index >= 15 is 0 Å². The second kappa shape index (κ2) is 8.31. The normalized spacial score (nSPS) is 10.6. The molecular weight excluding hydrogens is 329 g/mol. The van der Waals surface area contributed by atoms with Gasteiger partial charge in [0, 0.05) is 11.0 Å². The van der Waals surface area contributed by atoms with E-state index in [1.165, 1.54) is 25.3 Å². The molecule has 0 fully saturated rings. The van der Waals surface area contributed by atoms with Gasteiger partial charge in [0.15, 0.2) is 0 Å². The molecule has 2 aromatic rings. The topological polar surface area (TPSA) is 55.4 Å². The zero-order valence-corrected chi connectivity index (χ0v) is 14.0.